The Balaban J connectivity index is 1.98. The van der Waals surface area contributed by atoms with Gasteiger partial charge in [0.15, 0.2) is 0 Å². The van der Waals surface area contributed by atoms with Gasteiger partial charge in [0.05, 0.1) is 6.42 Å². The number of halogens is 2. The number of piperidine rings is 1. The number of rotatable bonds is 3. The maximum absolute atomic E-state index is 13.5. The summed E-state index contributed by atoms with van der Waals surface area (Å²) in [5.74, 6) is -1.16. The van der Waals surface area contributed by atoms with Gasteiger partial charge < -0.3 is 10.6 Å². The van der Waals surface area contributed by atoms with Gasteiger partial charge in [-0.1, -0.05) is 13.0 Å². The molecule has 1 amide bonds. The zero-order chi connectivity index (χ0) is 14.7. The van der Waals surface area contributed by atoms with Crippen molar-refractivity contribution in [3.05, 3.63) is 35.4 Å². The minimum Gasteiger partial charge on any atom is -0.351 e. The van der Waals surface area contributed by atoms with Crippen molar-refractivity contribution in [1.82, 2.24) is 10.6 Å². The van der Waals surface area contributed by atoms with Crippen LogP contribution in [0.4, 0.5) is 8.78 Å². The Morgan fingerprint density at radius 3 is 2.80 bits per heavy atom. The molecule has 0 aliphatic carbocycles. The number of hydrogen-bond donors (Lipinski definition) is 2. The van der Waals surface area contributed by atoms with Crippen LogP contribution >= 0.6 is 0 Å². The van der Waals surface area contributed by atoms with E-state index in [0.29, 0.717) is 5.92 Å². The van der Waals surface area contributed by atoms with E-state index in [1.54, 1.807) is 0 Å². The van der Waals surface area contributed by atoms with Gasteiger partial charge in [0.2, 0.25) is 5.91 Å². The Morgan fingerprint density at radius 2 is 2.15 bits per heavy atom. The Bertz CT molecular complexity index is 483. The van der Waals surface area contributed by atoms with Crippen LogP contribution in [0.5, 0.6) is 0 Å². The second-order valence-electron chi connectivity index (χ2n) is 5.51. The normalized spacial score (nSPS) is 26.3. The smallest absolute Gasteiger partial charge is 0.224 e. The quantitative estimate of drug-likeness (QED) is 0.890. The van der Waals surface area contributed by atoms with Crippen molar-refractivity contribution >= 4 is 5.91 Å². The molecule has 0 aromatic heterocycles. The topological polar surface area (TPSA) is 41.1 Å². The van der Waals surface area contributed by atoms with Crippen LogP contribution in [0.1, 0.15) is 25.8 Å². The zero-order valence-corrected chi connectivity index (χ0v) is 11.7. The molecular formula is C15H20F2N2O. The first kappa shape index (κ1) is 14.9. The van der Waals surface area contributed by atoms with E-state index in [1.807, 2.05) is 6.92 Å². The van der Waals surface area contributed by atoms with Crippen LogP contribution in [0.15, 0.2) is 18.2 Å². The summed E-state index contributed by atoms with van der Waals surface area (Å²) in [7, 11) is 0. The predicted molar refractivity (Wildman–Crippen MR) is 73.2 cm³/mol. The zero-order valence-electron chi connectivity index (χ0n) is 11.7. The summed E-state index contributed by atoms with van der Waals surface area (Å²) in [5, 5.41) is 6.26. The average Bonchev–Trinajstić information content (AvgIpc) is 2.37. The van der Waals surface area contributed by atoms with Crippen LogP contribution in [0.3, 0.4) is 0 Å². The molecule has 20 heavy (non-hydrogen) atoms. The van der Waals surface area contributed by atoms with Gasteiger partial charge in [-0.25, -0.2) is 8.78 Å². The Morgan fingerprint density at radius 1 is 1.40 bits per heavy atom. The predicted octanol–water partition coefficient (Wildman–Crippen LogP) is 2.01. The van der Waals surface area contributed by atoms with Gasteiger partial charge in [-0.2, -0.15) is 0 Å². The van der Waals surface area contributed by atoms with Gasteiger partial charge in [-0.05, 0) is 37.4 Å². The van der Waals surface area contributed by atoms with Crippen LogP contribution in [-0.2, 0) is 11.2 Å². The molecule has 1 aliphatic rings. The van der Waals surface area contributed by atoms with E-state index in [9.17, 15) is 13.6 Å². The minimum absolute atomic E-state index is 0.0414. The molecule has 1 heterocycles. The molecule has 1 aliphatic heterocycles. The van der Waals surface area contributed by atoms with E-state index in [1.165, 1.54) is 12.1 Å². The van der Waals surface area contributed by atoms with Crippen molar-refractivity contribution in [3.63, 3.8) is 0 Å². The second-order valence-corrected chi connectivity index (χ2v) is 5.51. The molecule has 2 N–H and O–H groups in total. The summed E-state index contributed by atoms with van der Waals surface area (Å²) in [4.78, 5) is 12.0. The van der Waals surface area contributed by atoms with Crippen molar-refractivity contribution in [2.75, 3.05) is 6.54 Å². The van der Waals surface area contributed by atoms with Crippen LogP contribution < -0.4 is 10.6 Å². The molecule has 3 unspecified atom stereocenters. The van der Waals surface area contributed by atoms with E-state index < -0.39 is 11.6 Å². The third-order valence-electron chi connectivity index (χ3n) is 3.91. The lowest BCUT2D eigenvalue weighted by atomic mass is 9.89. The van der Waals surface area contributed by atoms with Crippen LogP contribution in [0.2, 0.25) is 0 Å². The lowest BCUT2D eigenvalue weighted by molar-refractivity contribution is -0.121. The number of nitrogens with one attached hydrogen (secondary N) is 2. The standard InChI is InChI=1S/C15H20F2N2O/c1-9-5-6-18-10(2)15(9)19-14(20)7-11-3-4-12(16)8-13(11)17/h3-4,8-10,15,18H,5-7H2,1-2H3,(H,19,20). The molecule has 2 rings (SSSR count). The van der Waals surface area contributed by atoms with Gasteiger partial charge in [0.1, 0.15) is 11.6 Å². The summed E-state index contributed by atoms with van der Waals surface area (Å²) in [6.45, 7) is 5.07. The Labute approximate surface area is 117 Å². The van der Waals surface area contributed by atoms with E-state index in [0.717, 1.165) is 19.0 Å². The second kappa shape index (κ2) is 6.31. The summed E-state index contributed by atoms with van der Waals surface area (Å²) in [6, 6.07) is 3.52. The first-order chi connectivity index (χ1) is 9.47. The third-order valence-corrected chi connectivity index (χ3v) is 3.91. The number of carbonyl (C=O) groups excluding carboxylic acids is 1. The van der Waals surface area contributed by atoms with Gasteiger partial charge >= 0.3 is 0 Å². The highest BCUT2D eigenvalue weighted by Crippen LogP contribution is 2.17. The highest BCUT2D eigenvalue weighted by atomic mass is 19.1. The monoisotopic (exact) mass is 282 g/mol. The molecule has 1 aromatic carbocycles. The highest BCUT2D eigenvalue weighted by molar-refractivity contribution is 5.79. The van der Waals surface area contributed by atoms with Gasteiger partial charge in [0, 0.05) is 18.2 Å². The summed E-state index contributed by atoms with van der Waals surface area (Å²) >= 11 is 0. The van der Waals surface area contributed by atoms with E-state index in [-0.39, 0.29) is 30.0 Å². The van der Waals surface area contributed by atoms with Crippen LogP contribution in [-0.4, -0.2) is 24.5 Å². The Hall–Kier alpha value is -1.49. The molecule has 0 saturated carbocycles. The lowest BCUT2D eigenvalue weighted by Crippen LogP contribution is -2.56. The molecule has 0 spiro atoms. The third kappa shape index (κ3) is 3.54. The van der Waals surface area contributed by atoms with Crippen LogP contribution in [0.25, 0.3) is 0 Å². The summed E-state index contributed by atoms with van der Waals surface area (Å²) in [6.07, 6.45) is 0.933. The number of carbonyl (C=O) groups is 1. The molecule has 1 aromatic rings. The SMILES string of the molecule is CC1CCNC(C)C1NC(=O)Cc1ccc(F)cc1F. The fourth-order valence-corrected chi connectivity index (χ4v) is 2.68. The number of amides is 1. The fraction of sp³-hybridized carbons (Fsp3) is 0.533. The highest BCUT2D eigenvalue weighted by Gasteiger charge is 2.28. The molecule has 1 fully saturated rings. The molecule has 3 nitrogen and oxygen atoms in total. The number of hydrogen-bond acceptors (Lipinski definition) is 2. The van der Waals surface area contributed by atoms with Gasteiger partial charge in [-0.3, -0.25) is 4.79 Å². The van der Waals surface area contributed by atoms with Crippen molar-refractivity contribution in [3.8, 4) is 0 Å². The van der Waals surface area contributed by atoms with E-state index >= 15 is 0 Å². The minimum atomic E-state index is -0.678. The van der Waals surface area contributed by atoms with E-state index in [4.69, 9.17) is 0 Å². The van der Waals surface area contributed by atoms with Crippen molar-refractivity contribution < 1.29 is 13.6 Å². The fourth-order valence-electron chi connectivity index (χ4n) is 2.68. The molecule has 0 bridgehead atoms. The molecule has 0 radical (unpaired) electrons. The Kier molecular flexibility index (Phi) is 4.70. The molecule has 5 heteroatoms. The molecular weight excluding hydrogens is 262 g/mol. The first-order valence-corrected chi connectivity index (χ1v) is 6.94. The van der Waals surface area contributed by atoms with Crippen LogP contribution in [0, 0.1) is 17.6 Å². The van der Waals surface area contributed by atoms with Gasteiger partial charge in [-0.15, -0.1) is 0 Å². The van der Waals surface area contributed by atoms with Crippen molar-refractivity contribution in [1.29, 1.82) is 0 Å². The summed E-state index contributed by atoms with van der Waals surface area (Å²) in [5.41, 5.74) is 0.216. The van der Waals surface area contributed by atoms with Crippen molar-refractivity contribution in [2.45, 2.75) is 38.8 Å². The number of benzene rings is 1. The first-order valence-electron chi connectivity index (χ1n) is 6.94. The average molecular weight is 282 g/mol. The molecule has 1 saturated heterocycles. The van der Waals surface area contributed by atoms with Crippen molar-refractivity contribution in [2.24, 2.45) is 5.92 Å². The maximum atomic E-state index is 13.5. The maximum Gasteiger partial charge on any atom is 0.224 e. The molecule has 110 valence electrons. The van der Waals surface area contributed by atoms with E-state index in [2.05, 4.69) is 17.6 Å². The molecule has 3 atom stereocenters. The van der Waals surface area contributed by atoms with Gasteiger partial charge in [0.25, 0.3) is 0 Å². The summed E-state index contributed by atoms with van der Waals surface area (Å²) < 4.78 is 26.3. The lowest BCUT2D eigenvalue weighted by Gasteiger charge is -2.36. The largest absolute Gasteiger partial charge is 0.351 e.